The SMILES string of the molecule is CC1(C)OB(c2ccc3nc(-c4ccncc4)ccc3c2)OC1(C)C.Clc1ccc2nc(-c3cccc4ccc5ccccc5c34)ccc2c1.Clc1ccc2nc(Cl)ccc2c1.OB(O)c1cccc2ccc3ccccc3c12.c1ccc2c(c1)ccc1cccc(-c3ccc4cc(-c5ccc6nc(-c7ccncc7)ccc6c5)ccc4n3)c12. The van der Waals surface area contributed by atoms with E-state index in [9.17, 15) is 10.0 Å². The number of benzene rings is 14. The standard InChI is InChI=1S/C37H23N3.C23H14ClN.C20H21BN2O2.C14H11BO2.C9H5Cl2N/c1-2-6-31-24(4-1)8-9-26-5-3-7-32(37(26)31)36-17-13-30-23-28(11-15-35(30)40-36)27-10-14-34-29(22-27)12-16-33(39-34)25-18-20-38-21-19-25;24-18-11-13-21-17(14-18)10-12-22(25-21)20-7-3-5-16-9-8-15-4-1-2-6-19(15)23(16)20;1-19(2)20(3,4)25-21(24-19)16-6-8-18-15(13-16)5-7-17(23-18)14-9-11-22-12-10-14;16-15(17)13-7-3-5-11-9-8-10-4-1-2-6-12(10)14(11)13;10-7-2-3-8-6(5-7)1-4-9(11)12-8/h1-23H;1-14H;5-13H,1-4H3;1-9,16-17H;1-5H. The van der Waals surface area contributed by atoms with Crippen molar-refractivity contribution in [1.82, 2.24) is 34.9 Å². The number of pyridine rings is 7. The number of hydrogen-bond donors (Lipinski definition) is 2. The summed E-state index contributed by atoms with van der Waals surface area (Å²) in [6.07, 6.45) is 7.16. The first-order chi connectivity index (χ1) is 58.0. The lowest BCUT2D eigenvalue weighted by Crippen LogP contribution is -2.41. The topological polar surface area (TPSA) is 149 Å². The summed E-state index contributed by atoms with van der Waals surface area (Å²) in [5.74, 6) is 0. The van der Waals surface area contributed by atoms with E-state index in [1.165, 1.54) is 48.7 Å². The Morgan fingerprint density at radius 1 is 0.286 bits per heavy atom. The van der Waals surface area contributed by atoms with Gasteiger partial charge in [0.15, 0.2) is 0 Å². The van der Waals surface area contributed by atoms with E-state index in [0.717, 1.165) is 137 Å². The molecule has 0 radical (unpaired) electrons. The van der Waals surface area contributed by atoms with Crippen molar-refractivity contribution in [3.8, 4) is 56.2 Å². The third-order valence-corrected chi connectivity index (χ3v) is 23.0. The Morgan fingerprint density at radius 3 is 1.09 bits per heavy atom. The molecule has 0 atom stereocenters. The molecule has 14 aromatic carbocycles. The van der Waals surface area contributed by atoms with Crippen LogP contribution in [0.15, 0.2) is 365 Å². The number of hydrogen-bond acceptors (Lipinski definition) is 11. The van der Waals surface area contributed by atoms with Gasteiger partial charge in [-0.3, -0.25) is 9.97 Å². The number of rotatable bonds is 7. The van der Waals surface area contributed by atoms with Gasteiger partial charge in [-0.2, -0.15) is 0 Å². The van der Waals surface area contributed by atoms with Gasteiger partial charge in [-0.1, -0.05) is 247 Å². The average Bonchev–Trinajstić information content (AvgIpc) is 1.75. The second-order valence-corrected chi connectivity index (χ2v) is 31.7. The Labute approximate surface area is 703 Å². The molecule has 0 spiro atoms. The van der Waals surface area contributed by atoms with E-state index in [0.29, 0.717) is 15.6 Å². The van der Waals surface area contributed by atoms with Gasteiger partial charge < -0.3 is 19.4 Å². The van der Waals surface area contributed by atoms with Crippen molar-refractivity contribution in [3.05, 3.63) is 380 Å². The van der Waals surface area contributed by atoms with Crippen LogP contribution in [0.3, 0.4) is 0 Å². The predicted molar refractivity (Wildman–Crippen MR) is 497 cm³/mol. The van der Waals surface area contributed by atoms with Gasteiger partial charge in [0.1, 0.15) is 5.15 Å². The molecular weight excluding hydrogens is 1530 g/mol. The monoisotopic (exact) mass is 1600 g/mol. The smallest absolute Gasteiger partial charge is 0.423 e. The van der Waals surface area contributed by atoms with E-state index in [1.807, 2.05) is 127 Å². The normalized spacial score (nSPS) is 12.8. The predicted octanol–water partition coefficient (Wildman–Crippen LogP) is 25.2. The van der Waals surface area contributed by atoms with E-state index in [1.54, 1.807) is 43.0 Å². The molecule has 1 fully saturated rings. The summed E-state index contributed by atoms with van der Waals surface area (Å²) < 4.78 is 12.3. The third kappa shape index (κ3) is 16.2. The zero-order chi connectivity index (χ0) is 81.3. The highest BCUT2D eigenvalue weighted by Gasteiger charge is 2.51. The Kier molecular flexibility index (Phi) is 21.4. The van der Waals surface area contributed by atoms with Crippen LogP contribution in [0.25, 0.3) is 175 Å². The van der Waals surface area contributed by atoms with Gasteiger partial charge in [-0.15, -0.1) is 0 Å². The van der Waals surface area contributed by atoms with Gasteiger partial charge >= 0.3 is 14.2 Å². The second-order valence-electron chi connectivity index (χ2n) is 30.4. The number of nitrogens with zero attached hydrogens (tertiary/aromatic N) is 7. The van der Waals surface area contributed by atoms with Crippen molar-refractivity contribution >= 4 is 179 Å². The van der Waals surface area contributed by atoms with E-state index in [4.69, 9.17) is 64.0 Å². The molecule has 0 amide bonds. The zero-order valence-electron chi connectivity index (χ0n) is 65.3. The molecule has 1 saturated heterocycles. The maximum atomic E-state index is 9.44. The fraction of sp³-hybridized carbons (Fsp3) is 0.0583. The first-order valence-electron chi connectivity index (χ1n) is 39.2. The fourth-order valence-corrected chi connectivity index (χ4v) is 16.1. The molecule has 22 rings (SSSR count). The summed E-state index contributed by atoms with van der Waals surface area (Å²) in [4.78, 5) is 31.9. The fourth-order valence-electron chi connectivity index (χ4n) is 15.6. The summed E-state index contributed by atoms with van der Waals surface area (Å²) >= 11 is 17.6. The molecule has 21 aromatic rings. The molecule has 8 heterocycles. The minimum Gasteiger partial charge on any atom is -0.423 e. The van der Waals surface area contributed by atoms with Crippen LogP contribution in [0.4, 0.5) is 0 Å². The van der Waals surface area contributed by atoms with Crippen LogP contribution in [0, 0.1) is 0 Å². The van der Waals surface area contributed by atoms with Gasteiger partial charge in [0.05, 0.1) is 61.6 Å². The second kappa shape index (κ2) is 33.1. The Morgan fingerprint density at radius 2 is 0.630 bits per heavy atom. The van der Waals surface area contributed by atoms with Gasteiger partial charge in [0.2, 0.25) is 0 Å². The molecule has 0 unspecified atom stereocenters. The lowest BCUT2D eigenvalue weighted by Gasteiger charge is -2.32. The van der Waals surface area contributed by atoms with E-state index < -0.39 is 7.12 Å². The van der Waals surface area contributed by atoms with Crippen LogP contribution in [0.1, 0.15) is 27.7 Å². The minimum atomic E-state index is -1.44. The van der Waals surface area contributed by atoms with E-state index in [-0.39, 0.29) is 18.3 Å². The van der Waals surface area contributed by atoms with Crippen LogP contribution in [0.5, 0.6) is 0 Å². The number of halogens is 3. The number of fused-ring (bicyclic) bond motifs is 14. The molecule has 0 saturated carbocycles. The van der Waals surface area contributed by atoms with Gasteiger partial charge in [0.25, 0.3) is 0 Å². The summed E-state index contributed by atoms with van der Waals surface area (Å²) in [5.41, 5.74) is 16.3. The molecule has 7 aromatic heterocycles. The molecule has 16 heteroatoms. The summed E-state index contributed by atoms with van der Waals surface area (Å²) in [6.45, 7) is 8.26. The van der Waals surface area contributed by atoms with Crippen molar-refractivity contribution < 1.29 is 19.4 Å². The van der Waals surface area contributed by atoms with Crippen LogP contribution in [-0.4, -0.2) is 70.4 Å². The molecule has 1 aliphatic heterocycles. The highest BCUT2D eigenvalue weighted by molar-refractivity contribution is 6.63. The molecule has 1 aliphatic rings. The summed E-state index contributed by atoms with van der Waals surface area (Å²) in [5, 5.41) is 40.3. The highest BCUT2D eigenvalue weighted by atomic mass is 35.5. The average molecular weight is 1600 g/mol. The van der Waals surface area contributed by atoms with Crippen LogP contribution < -0.4 is 10.9 Å². The van der Waals surface area contributed by atoms with Crippen molar-refractivity contribution in [2.45, 2.75) is 38.9 Å². The van der Waals surface area contributed by atoms with Crippen molar-refractivity contribution in [2.24, 2.45) is 0 Å². The van der Waals surface area contributed by atoms with Crippen molar-refractivity contribution in [2.75, 3.05) is 0 Å². The van der Waals surface area contributed by atoms with Crippen molar-refractivity contribution in [1.29, 1.82) is 0 Å². The third-order valence-electron chi connectivity index (χ3n) is 22.3. The zero-order valence-corrected chi connectivity index (χ0v) is 67.5. The maximum Gasteiger partial charge on any atom is 0.494 e. The maximum absolute atomic E-state index is 9.44. The molecule has 119 heavy (non-hydrogen) atoms. The molecule has 0 aliphatic carbocycles. The van der Waals surface area contributed by atoms with Gasteiger partial charge in [-0.05, 0) is 247 Å². The Balaban J connectivity index is 0.000000108. The largest absolute Gasteiger partial charge is 0.494 e. The quantitative estimate of drug-likeness (QED) is 0.0892. The van der Waals surface area contributed by atoms with Gasteiger partial charge in [-0.25, -0.2) is 24.9 Å². The summed E-state index contributed by atoms with van der Waals surface area (Å²) in [6, 6.07) is 115. The highest BCUT2D eigenvalue weighted by Crippen LogP contribution is 2.40. The van der Waals surface area contributed by atoms with E-state index >= 15 is 0 Å². The minimum absolute atomic E-state index is 0.337. The Hall–Kier alpha value is -13.2. The molecule has 2 N–H and O–H groups in total. The lowest BCUT2D eigenvalue weighted by atomic mass is 9.76. The van der Waals surface area contributed by atoms with Crippen LogP contribution >= 0.6 is 34.8 Å². The lowest BCUT2D eigenvalue weighted by molar-refractivity contribution is 0.00578. The first kappa shape index (κ1) is 77.1. The Bertz CT molecular complexity index is 7400. The van der Waals surface area contributed by atoms with Gasteiger partial charge in [0, 0.05) is 78.6 Å². The first-order valence-corrected chi connectivity index (χ1v) is 40.4. The summed E-state index contributed by atoms with van der Waals surface area (Å²) in [7, 11) is -1.79. The van der Waals surface area contributed by atoms with Crippen LogP contribution in [-0.2, 0) is 9.31 Å². The van der Waals surface area contributed by atoms with Crippen LogP contribution in [0.2, 0.25) is 15.2 Å². The van der Waals surface area contributed by atoms with E-state index in [2.05, 4.69) is 237 Å². The molecular formula is C103H74B2Cl3N7O4. The molecule has 11 nitrogen and oxygen atoms in total. The number of aromatic nitrogens is 7. The molecule has 572 valence electrons. The van der Waals surface area contributed by atoms with Crippen molar-refractivity contribution in [3.63, 3.8) is 0 Å². The molecule has 0 bridgehead atoms.